The Bertz CT molecular complexity index is 718. The van der Waals surface area contributed by atoms with Crippen LogP contribution in [0.1, 0.15) is 39.5 Å². The van der Waals surface area contributed by atoms with Gasteiger partial charge in [0.2, 0.25) is 29.5 Å². The van der Waals surface area contributed by atoms with Gasteiger partial charge in [-0.15, -0.1) is 0 Å². The molecule has 13 nitrogen and oxygen atoms in total. The Morgan fingerprint density at radius 1 is 0.844 bits per heavy atom. The van der Waals surface area contributed by atoms with E-state index >= 15 is 0 Å². The monoisotopic (exact) mass is 476 g/mol. The van der Waals surface area contributed by atoms with Crippen LogP contribution < -0.4 is 33.2 Å². The molecule has 0 radical (unpaired) electrons. The Hall–Kier alpha value is -2.87. The van der Waals surface area contributed by atoms with Crippen LogP contribution in [0.5, 0.6) is 0 Å². The molecule has 0 rings (SSSR count). The second-order valence-electron chi connectivity index (χ2n) is 7.62. The van der Waals surface area contributed by atoms with E-state index in [2.05, 4.69) is 28.6 Å². The van der Waals surface area contributed by atoms with Gasteiger partial charge in [0.05, 0.1) is 12.5 Å². The van der Waals surface area contributed by atoms with Gasteiger partial charge in [-0.1, -0.05) is 13.8 Å². The molecule has 4 unspecified atom stereocenters. The van der Waals surface area contributed by atoms with Crippen molar-refractivity contribution in [3.05, 3.63) is 0 Å². The predicted octanol–water partition coefficient (Wildman–Crippen LogP) is -3.03. The van der Waals surface area contributed by atoms with Gasteiger partial charge >= 0.3 is 5.97 Å². The van der Waals surface area contributed by atoms with Crippen molar-refractivity contribution in [2.75, 3.05) is 5.75 Å². The highest BCUT2D eigenvalue weighted by Crippen LogP contribution is 2.08. The van der Waals surface area contributed by atoms with E-state index in [0.29, 0.717) is 0 Å². The van der Waals surface area contributed by atoms with Crippen molar-refractivity contribution in [2.45, 2.75) is 63.7 Å². The van der Waals surface area contributed by atoms with Gasteiger partial charge < -0.3 is 38.3 Å². The summed E-state index contributed by atoms with van der Waals surface area (Å²) in [6, 6.07) is -5.01. The zero-order valence-electron chi connectivity index (χ0n) is 18.0. The zero-order chi connectivity index (χ0) is 25.0. The number of hydrogen-bond donors (Lipinski definition) is 8. The minimum absolute atomic E-state index is 0.0621. The molecule has 0 fully saturated rings. The maximum Gasteiger partial charge on any atom is 0.327 e. The van der Waals surface area contributed by atoms with Crippen LogP contribution in [0.25, 0.3) is 0 Å². The van der Waals surface area contributed by atoms with Gasteiger partial charge in [0.1, 0.15) is 18.1 Å². The van der Waals surface area contributed by atoms with Gasteiger partial charge in [-0.25, -0.2) is 4.79 Å². The number of nitrogens with one attached hydrogen (secondary N) is 3. The van der Waals surface area contributed by atoms with Crippen molar-refractivity contribution in [1.82, 2.24) is 16.0 Å². The molecule has 0 saturated heterocycles. The lowest BCUT2D eigenvalue weighted by Crippen LogP contribution is -2.57. The molecule has 0 aromatic heterocycles. The topological polar surface area (TPSA) is 237 Å². The minimum Gasteiger partial charge on any atom is -0.480 e. The third-order valence-corrected chi connectivity index (χ3v) is 4.57. The summed E-state index contributed by atoms with van der Waals surface area (Å²) in [6.45, 7) is 3.57. The molecule has 0 spiro atoms. The standard InChI is InChI=1S/C18H32N6O7S/c1-8(2)5-11(17(29)24-12(7-32)18(30)31)23-16(28)10(3-4-13(20)25)22-15(27)9(19)6-14(21)26/h8-12,32H,3-7,19H2,1-2H3,(H2,20,25)(H2,21,26)(H,22,27)(H,23,28)(H,24,29)(H,30,31). The summed E-state index contributed by atoms with van der Waals surface area (Å²) in [5, 5.41) is 16.2. The van der Waals surface area contributed by atoms with Crippen LogP contribution in [-0.2, 0) is 28.8 Å². The molecule has 10 N–H and O–H groups in total. The normalized spacial score (nSPS) is 14.5. The number of aliphatic carboxylic acids is 1. The number of nitrogens with two attached hydrogens (primary N) is 3. The first-order valence-corrected chi connectivity index (χ1v) is 10.5. The fraction of sp³-hybridized carbons (Fsp3) is 0.667. The van der Waals surface area contributed by atoms with Crippen molar-refractivity contribution in [2.24, 2.45) is 23.1 Å². The van der Waals surface area contributed by atoms with E-state index in [4.69, 9.17) is 22.3 Å². The first kappa shape index (κ1) is 29.1. The number of carbonyl (C=O) groups is 6. The summed E-state index contributed by atoms with van der Waals surface area (Å²) in [4.78, 5) is 70.9. The quantitative estimate of drug-likeness (QED) is 0.113. The Kier molecular flexibility index (Phi) is 13.0. The summed E-state index contributed by atoms with van der Waals surface area (Å²) in [6.07, 6.45) is -0.755. The van der Waals surface area contributed by atoms with Gasteiger partial charge in [-0.3, -0.25) is 24.0 Å². The van der Waals surface area contributed by atoms with Crippen LogP contribution in [0.2, 0.25) is 0 Å². The minimum atomic E-state index is -1.32. The van der Waals surface area contributed by atoms with Crippen LogP contribution >= 0.6 is 12.6 Å². The molecule has 0 aliphatic rings. The summed E-state index contributed by atoms with van der Waals surface area (Å²) < 4.78 is 0. The van der Waals surface area contributed by atoms with E-state index in [1.165, 1.54) is 0 Å². The highest BCUT2D eigenvalue weighted by atomic mass is 32.1. The molecule has 4 atom stereocenters. The first-order valence-electron chi connectivity index (χ1n) is 9.85. The van der Waals surface area contributed by atoms with Gasteiger partial charge in [-0.05, 0) is 18.8 Å². The number of carboxylic acid groups (broad SMARTS) is 1. The Morgan fingerprint density at radius 3 is 1.78 bits per heavy atom. The Balaban J connectivity index is 5.49. The van der Waals surface area contributed by atoms with E-state index in [1.54, 1.807) is 13.8 Å². The molecule has 0 aromatic carbocycles. The van der Waals surface area contributed by atoms with E-state index in [-0.39, 0.29) is 30.9 Å². The van der Waals surface area contributed by atoms with Crippen LogP contribution in [0.3, 0.4) is 0 Å². The number of carbonyl (C=O) groups excluding carboxylic acids is 5. The van der Waals surface area contributed by atoms with Gasteiger partial charge in [-0.2, -0.15) is 12.6 Å². The van der Waals surface area contributed by atoms with Gasteiger partial charge in [0, 0.05) is 12.2 Å². The molecule has 32 heavy (non-hydrogen) atoms. The van der Waals surface area contributed by atoms with Gasteiger partial charge in [0.15, 0.2) is 0 Å². The maximum atomic E-state index is 12.8. The molecule has 0 heterocycles. The molecule has 182 valence electrons. The van der Waals surface area contributed by atoms with E-state index in [0.717, 1.165) is 0 Å². The van der Waals surface area contributed by atoms with Crippen LogP contribution in [-0.4, -0.2) is 70.5 Å². The number of primary amides is 2. The number of thiol groups is 1. The molecular formula is C18H32N6O7S. The lowest BCUT2D eigenvalue weighted by molar-refractivity contribution is -0.141. The maximum absolute atomic E-state index is 12.8. The highest BCUT2D eigenvalue weighted by molar-refractivity contribution is 7.80. The molecule has 5 amide bonds. The highest BCUT2D eigenvalue weighted by Gasteiger charge is 2.30. The zero-order valence-corrected chi connectivity index (χ0v) is 18.9. The van der Waals surface area contributed by atoms with E-state index in [9.17, 15) is 28.8 Å². The van der Waals surface area contributed by atoms with Gasteiger partial charge in [0.25, 0.3) is 0 Å². The summed E-state index contributed by atoms with van der Waals surface area (Å²) in [5.74, 6) is -5.50. The lowest BCUT2D eigenvalue weighted by atomic mass is 10.0. The van der Waals surface area contributed by atoms with Crippen molar-refractivity contribution in [3.63, 3.8) is 0 Å². The SMILES string of the molecule is CC(C)CC(NC(=O)C(CCC(N)=O)NC(=O)C(N)CC(N)=O)C(=O)NC(CS)C(=O)O. The van der Waals surface area contributed by atoms with Crippen molar-refractivity contribution < 1.29 is 33.9 Å². The molecule has 0 saturated carbocycles. The largest absolute Gasteiger partial charge is 0.480 e. The fourth-order valence-electron chi connectivity index (χ4n) is 2.58. The second-order valence-corrected chi connectivity index (χ2v) is 7.98. The molecule has 0 aromatic rings. The van der Waals surface area contributed by atoms with Crippen LogP contribution in [0, 0.1) is 5.92 Å². The summed E-state index contributed by atoms with van der Waals surface area (Å²) in [5.41, 5.74) is 15.7. The molecule has 0 aliphatic carbocycles. The Labute approximate surface area is 191 Å². The number of carboxylic acids is 1. The predicted molar refractivity (Wildman–Crippen MR) is 117 cm³/mol. The fourth-order valence-corrected chi connectivity index (χ4v) is 2.82. The Morgan fingerprint density at radius 2 is 1.34 bits per heavy atom. The third kappa shape index (κ3) is 11.5. The van der Waals surface area contributed by atoms with E-state index < -0.39 is 66.1 Å². The van der Waals surface area contributed by atoms with E-state index in [1.807, 2.05) is 0 Å². The number of amides is 5. The molecule has 14 heteroatoms. The third-order valence-electron chi connectivity index (χ3n) is 4.21. The van der Waals surface area contributed by atoms with Crippen LogP contribution in [0.15, 0.2) is 0 Å². The average molecular weight is 477 g/mol. The van der Waals surface area contributed by atoms with Crippen molar-refractivity contribution in [1.29, 1.82) is 0 Å². The lowest BCUT2D eigenvalue weighted by Gasteiger charge is -2.25. The van der Waals surface area contributed by atoms with Crippen LogP contribution in [0.4, 0.5) is 0 Å². The second kappa shape index (κ2) is 14.2. The number of rotatable bonds is 15. The van der Waals surface area contributed by atoms with Crippen molar-refractivity contribution in [3.8, 4) is 0 Å². The smallest absolute Gasteiger partial charge is 0.327 e. The molecule has 0 aliphatic heterocycles. The molecular weight excluding hydrogens is 444 g/mol. The molecule has 0 bridgehead atoms. The summed E-state index contributed by atoms with van der Waals surface area (Å²) >= 11 is 3.88. The average Bonchev–Trinajstić information content (AvgIpc) is 2.66. The first-order chi connectivity index (χ1) is 14.8. The summed E-state index contributed by atoms with van der Waals surface area (Å²) in [7, 11) is 0. The number of hydrogen-bond acceptors (Lipinski definition) is 8. The van der Waals surface area contributed by atoms with Crippen molar-refractivity contribution >= 4 is 48.1 Å².